The maximum atomic E-state index is 13.6. The average molecular weight is 477 g/mol. The van der Waals surface area contributed by atoms with E-state index in [0.717, 1.165) is 6.07 Å². The van der Waals surface area contributed by atoms with Gasteiger partial charge in [-0.15, -0.1) is 0 Å². The van der Waals surface area contributed by atoms with Crippen LogP contribution in [-0.2, 0) is 9.84 Å². The molecule has 8 heteroatoms. The van der Waals surface area contributed by atoms with E-state index in [2.05, 4.69) is 26.2 Å². The predicted octanol–water partition coefficient (Wildman–Crippen LogP) is 4.24. The third-order valence-electron chi connectivity index (χ3n) is 4.46. The maximum Gasteiger partial charge on any atom is 0.252 e. The van der Waals surface area contributed by atoms with Gasteiger partial charge in [-0.2, -0.15) is 0 Å². The molecule has 0 aliphatic rings. The summed E-state index contributed by atoms with van der Waals surface area (Å²) in [5, 5.41) is 1.61. The number of carbonyl (C=O) groups excluding carboxylic acids is 1. The molecular formula is C21H18BrFN2O3S. The zero-order valence-corrected chi connectivity index (χ0v) is 17.9. The van der Waals surface area contributed by atoms with Crippen LogP contribution in [0.3, 0.4) is 0 Å². The van der Waals surface area contributed by atoms with Gasteiger partial charge in [-0.3, -0.25) is 9.78 Å². The molecule has 3 aromatic rings. The van der Waals surface area contributed by atoms with Gasteiger partial charge in [0.15, 0.2) is 9.84 Å². The molecule has 1 heterocycles. The van der Waals surface area contributed by atoms with Crippen molar-refractivity contribution in [1.82, 2.24) is 10.3 Å². The van der Waals surface area contributed by atoms with Crippen LogP contribution in [0.15, 0.2) is 76.4 Å². The number of aryl methyl sites for hydroxylation is 1. The van der Waals surface area contributed by atoms with Crippen LogP contribution in [0.1, 0.15) is 26.7 Å². The third-order valence-corrected chi connectivity index (χ3v) is 7.25. The number of halogens is 2. The van der Waals surface area contributed by atoms with E-state index in [9.17, 15) is 17.6 Å². The topological polar surface area (TPSA) is 76.1 Å². The summed E-state index contributed by atoms with van der Waals surface area (Å²) in [4.78, 5) is 16.5. The van der Waals surface area contributed by atoms with E-state index in [4.69, 9.17) is 0 Å². The van der Waals surface area contributed by atoms with Crippen molar-refractivity contribution in [3.8, 4) is 0 Å². The van der Waals surface area contributed by atoms with Crippen molar-refractivity contribution in [3.05, 3.63) is 94.0 Å². The van der Waals surface area contributed by atoms with Crippen LogP contribution in [0.25, 0.3) is 0 Å². The molecule has 1 amide bonds. The number of pyridine rings is 1. The van der Waals surface area contributed by atoms with Crippen molar-refractivity contribution in [2.45, 2.75) is 17.1 Å². The molecule has 1 N–H and O–H groups in total. The van der Waals surface area contributed by atoms with Gasteiger partial charge in [-0.25, -0.2) is 12.8 Å². The summed E-state index contributed by atoms with van der Waals surface area (Å²) in [5.74, 6) is -0.888. The fraction of sp³-hybridized carbons (Fsp3) is 0.143. The lowest BCUT2D eigenvalue weighted by molar-refractivity contribution is 0.0953. The fourth-order valence-corrected chi connectivity index (χ4v) is 5.05. The Labute approximate surface area is 177 Å². The Morgan fingerprint density at radius 1 is 1.17 bits per heavy atom. The van der Waals surface area contributed by atoms with E-state index in [-0.39, 0.29) is 17.0 Å². The Morgan fingerprint density at radius 3 is 2.59 bits per heavy atom. The molecule has 0 spiro atoms. The monoisotopic (exact) mass is 476 g/mol. The van der Waals surface area contributed by atoms with E-state index in [1.807, 2.05) is 0 Å². The second-order valence-corrected chi connectivity index (χ2v) is 9.41. The summed E-state index contributed by atoms with van der Waals surface area (Å²) >= 11 is 3.32. The molecule has 0 fully saturated rings. The van der Waals surface area contributed by atoms with Gasteiger partial charge in [0.1, 0.15) is 11.1 Å². The van der Waals surface area contributed by atoms with Gasteiger partial charge in [-0.1, -0.05) is 18.2 Å². The lowest BCUT2D eigenvalue weighted by Gasteiger charge is -2.19. The number of benzene rings is 2. The first-order chi connectivity index (χ1) is 13.8. The number of nitrogens with zero attached hydrogens (tertiary/aromatic N) is 1. The summed E-state index contributed by atoms with van der Waals surface area (Å²) in [6.45, 7) is 1.34. The van der Waals surface area contributed by atoms with Crippen LogP contribution < -0.4 is 5.32 Å². The molecule has 1 aromatic heterocycles. The van der Waals surface area contributed by atoms with Crippen molar-refractivity contribution in [3.63, 3.8) is 0 Å². The summed E-state index contributed by atoms with van der Waals surface area (Å²) in [6.07, 6.45) is 2.98. The number of hydrogen-bond donors (Lipinski definition) is 1. The Balaban J connectivity index is 1.94. The SMILES string of the molecule is Cc1cc(S(=O)(=O)[C@H](CNC(=O)c2ccccc2Br)c2cccnc2)ccc1F. The standard InChI is InChI=1S/C21H18BrFN2O3S/c1-14-11-16(8-9-19(14)23)29(27,28)20(15-5-4-10-24-12-15)13-25-21(26)17-6-2-3-7-18(17)22/h2-12,20H,13H2,1H3,(H,25,26)/t20-/m1/s1. The summed E-state index contributed by atoms with van der Waals surface area (Å²) in [6, 6.07) is 13.8. The number of aromatic nitrogens is 1. The average Bonchev–Trinajstić information content (AvgIpc) is 2.71. The van der Waals surface area contributed by atoms with Crippen LogP contribution >= 0.6 is 15.9 Å². The second kappa shape index (κ2) is 8.84. The predicted molar refractivity (Wildman–Crippen MR) is 112 cm³/mol. The minimum absolute atomic E-state index is 0.0135. The highest BCUT2D eigenvalue weighted by Gasteiger charge is 2.30. The maximum absolute atomic E-state index is 13.6. The number of amides is 1. The van der Waals surface area contributed by atoms with E-state index in [0.29, 0.717) is 15.6 Å². The highest BCUT2D eigenvalue weighted by atomic mass is 79.9. The molecule has 2 aromatic carbocycles. The van der Waals surface area contributed by atoms with Crippen LogP contribution in [0, 0.1) is 12.7 Å². The summed E-state index contributed by atoms with van der Waals surface area (Å²) in [5.41, 5.74) is 1.06. The van der Waals surface area contributed by atoms with Gasteiger partial charge >= 0.3 is 0 Å². The van der Waals surface area contributed by atoms with Crippen molar-refractivity contribution < 1.29 is 17.6 Å². The molecule has 29 heavy (non-hydrogen) atoms. The van der Waals surface area contributed by atoms with E-state index in [1.54, 1.807) is 36.4 Å². The normalized spacial score (nSPS) is 12.4. The second-order valence-electron chi connectivity index (χ2n) is 6.42. The molecule has 0 unspecified atom stereocenters. The number of carbonyl (C=O) groups is 1. The Morgan fingerprint density at radius 2 is 1.93 bits per heavy atom. The molecule has 1 atom stereocenters. The molecule has 0 aliphatic carbocycles. The number of rotatable bonds is 6. The fourth-order valence-electron chi connectivity index (χ4n) is 2.86. The molecule has 3 rings (SSSR count). The molecule has 0 radical (unpaired) electrons. The minimum atomic E-state index is -3.91. The molecule has 150 valence electrons. The molecule has 0 saturated heterocycles. The van der Waals surface area contributed by atoms with Crippen molar-refractivity contribution in [1.29, 1.82) is 0 Å². The van der Waals surface area contributed by atoms with Crippen molar-refractivity contribution in [2.75, 3.05) is 6.54 Å². The van der Waals surface area contributed by atoms with Crippen LogP contribution in [-0.4, -0.2) is 25.9 Å². The highest BCUT2D eigenvalue weighted by molar-refractivity contribution is 9.10. The zero-order chi connectivity index (χ0) is 21.0. The smallest absolute Gasteiger partial charge is 0.252 e. The van der Waals surface area contributed by atoms with E-state index in [1.165, 1.54) is 31.5 Å². The molecule has 0 bridgehead atoms. The first-order valence-electron chi connectivity index (χ1n) is 8.73. The van der Waals surface area contributed by atoms with Gasteiger partial charge in [0.2, 0.25) is 0 Å². The zero-order valence-electron chi connectivity index (χ0n) is 15.5. The Bertz CT molecular complexity index is 1140. The first kappa shape index (κ1) is 21.1. The minimum Gasteiger partial charge on any atom is -0.350 e. The quantitative estimate of drug-likeness (QED) is 0.539. The van der Waals surface area contributed by atoms with Crippen LogP contribution in [0.5, 0.6) is 0 Å². The molecule has 5 nitrogen and oxygen atoms in total. The van der Waals surface area contributed by atoms with Crippen molar-refractivity contribution >= 4 is 31.7 Å². The van der Waals surface area contributed by atoms with Gasteiger partial charge in [0, 0.05) is 23.4 Å². The Kier molecular flexibility index (Phi) is 6.44. The van der Waals surface area contributed by atoms with Crippen LogP contribution in [0.2, 0.25) is 0 Å². The largest absolute Gasteiger partial charge is 0.350 e. The molecule has 0 aliphatic heterocycles. The lowest BCUT2D eigenvalue weighted by atomic mass is 10.2. The number of sulfone groups is 1. The van der Waals surface area contributed by atoms with E-state index < -0.39 is 26.8 Å². The van der Waals surface area contributed by atoms with E-state index >= 15 is 0 Å². The first-order valence-corrected chi connectivity index (χ1v) is 11.1. The van der Waals surface area contributed by atoms with Crippen LogP contribution in [0.4, 0.5) is 4.39 Å². The van der Waals surface area contributed by atoms with Gasteiger partial charge in [0.05, 0.1) is 10.5 Å². The van der Waals surface area contributed by atoms with Gasteiger partial charge in [-0.05, 0) is 70.4 Å². The third kappa shape index (κ3) is 4.71. The van der Waals surface area contributed by atoms with Crippen molar-refractivity contribution in [2.24, 2.45) is 0 Å². The Hall–Kier alpha value is -2.58. The molecular weight excluding hydrogens is 459 g/mol. The summed E-state index contributed by atoms with van der Waals surface area (Å²) < 4.78 is 40.8. The summed E-state index contributed by atoms with van der Waals surface area (Å²) in [7, 11) is -3.91. The highest BCUT2D eigenvalue weighted by Crippen LogP contribution is 2.29. The van der Waals surface area contributed by atoms with Gasteiger partial charge in [0.25, 0.3) is 5.91 Å². The number of nitrogens with one attached hydrogen (secondary N) is 1. The molecule has 0 saturated carbocycles. The lowest BCUT2D eigenvalue weighted by Crippen LogP contribution is -2.32. The van der Waals surface area contributed by atoms with Gasteiger partial charge < -0.3 is 5.32 Å². The number of hydrogen-bond acceptors (Lipinski definition) is 4.